The van der Waals surface area contributed by atoms with Gasteiger partial charge in [-0.15, -0.1) is 0 Å². The van der Waals surface area contributed by atoms with Gasteiger partial charge in [-0.1, -0.05) is 32.6 Å². The van der Waals surface area contributed by atoms with E-state index >= 15 is 0 Å². The maximum Gasteiger partial charge on any atom is 0.343 e. The number of fused-ring (bicyclic) bond motifs is 6. The zero-order chi connectivity index (χ0) is 53.3. The van der Waals surface area contributed by atoms with Gasteiger partial charge in [0.2, 0.25) is 45.4 Å². The van der Waals surface area contributed by atoms with E-state index in [-0.39, 0.29) is 92.8 Å². The van der Waals surface area contributed by atoms with Crippen LogP contribution in [-0.4, -0.2) is 133 Å². The second kappa shape index (κ2) is 23.9. The average Bonchev–Trinajstić information content (AvgIpc) is 3.99. The van der Waals surface area contributed by atoms with Crippen LogP contribution < -0.4 is 36.3 Å². The summed E-state index contributed by atoms with van der Waals surface area (Å²) in [6.45, 7) is 5.67. The molecule has 7 rings (SSSR count). The number of cyclic esters (lactones) is 1. The Balaban J connectivity index is 0.908. The van der Waals surface area contributed by atoms with Gasteiger partial charge in [-0.25, -0.2) is 28.2 Å². The maximum absolute atomic E-state index is 13.9. The lowest BCUT2D eigenvalue weighted by atomic mass is 9.86. The van der Waals surface area contributed by atoms with Crippen LogP contribution in [0.2, 0.25) is 0 Å². The van der Waals surface area contributed by atoms with Crippen molar-refractivity contribution in [3.8, 4) is 34.7 Å². The summed E-state index contributed by atoms with van der Waals surface area (Å²) in [7, 11) is 0.332. The van der Waals surface area contributed by atoms with Gasteiger partial charge in [-0.05, 0) is 89.2 Å². The van der Waals surface area contributed by atoms with E-state index in [1.165, 1.54) is 12.4 Å². The normalized spacial score (nSPS) is 16.1. The first-order valence-electron chi connectivity index (χ1n) is 24.6. The van der Waals surface area contributed by atoms with Crippen LogP contribution in [0, 0.1) is 17.8 Å². The van der Waals surface area contributed by atoms with Crippen molar-refractivity contribution >= 4 is 50.3 Å². The van der Waals surface area contributed by atoms with Gasteiger partial charge < -0.3 is 54.8 Å². The van der Waals surface area contributed by atoms with Gasteiger partial charge in [0.25, 0.3) is 5.56 Å². The topological polar surface area (TPSA) is 289 Å². The van der Waals surface area contributed by atoms with Crippen LogP contribution in [0.4, 0.5) is 0 Å². The van der Waals surface area contributed by atoms with Crippen LogP contribution in [0.1, 0.15) is 100.0 Å². The number of rotatable bonds is 23. The second-order valence-electron chi connectivity index (χ2n) is 19.0. The van der Waals surface area contributed by atoms with Crippen LogP contribution in [-0.2, 0) is 68.5 Å². The highest BCUT2D eigenvalue weighted by Gasteiger charge is 2.45. The summed E-state index contributed by atoms with van der Waals surface area (Å²) in [6, 6.07) is 3.38. The fourth-order valence-electron chi connectivity index (χ4n) is 8.91. The number of hydrogen-bond acceptors (Lipinski definition) is 17. The highest BCUT2D eigenvalue weighted by atomic mass is 32.2. The van der Waals surface area contributed by atoms with Crippen molar-refractivity contribution in [3.63, 3.8) is 0 Å². The van der Waals surface area contributed by atoms with Crippen molar-refractivity contribution in [2.45, 2.75) is 115 Å². The molecule has 0 spiro atoms. The van der Waals surface area contributed by atoms with Crippen LogP contribution >= 0.6 is 0 Å². The number of esters is 1. The first-order chi connectivity index (χ1) is 35.3. The molecule has 0 aliphatic carbocycles. The molecular weight excluding hydrogens is 979 g/mol. The predicted octanol–water partition coefficient (Wildman–Crippen LogP) is 1.72. The monoisotopic (exact) mass is 1040 g/mol. The van der Waals surface area contributed by atoms with Gasteiger partial charge in [0, 0.05) is 60.7 Å². The number of carbonyl (C=O) groups excluding carboxylic acids is 5. The van der Waals surface area contributed by atoms with Crippen molar-refractivity contribution < 1.29 is 56.4 Å². The standard InChI is InChI=1S/C51H63N9O13S/c1-7-51(67)36-21-39-45-34(26-60(39)48(65)35(36)27-71-49(51)66)32(33-20-40-41(73-29-72-40)22-38(33)56-45)15-13-19-70-28-55-43(62)25-52-46(63)37(16-11-12-18-59(4)5)57-47(64)44(30(2)3)58-42(61)17-10-8-9-14-31-23-53-50(54-24-31)74(6,68)69/h20-24,30,37,44,67H,7-8,10-13,15-19,25-29H2,1-6H3,(H,52,63)(H,55,62)(H,57,64)(H,58,61)/t37?,44?,51-/m0/s1. The lowest BCUT2D eigenvalue weighted by molar-refractivity contribution is -0.172. The zero-order valence-corrected chi connectivity index (χ0v) is 43.2. The third kappa shape index (κ3) is 12.8. The van der Waals surface area contributed by atoms with E-state index < -0.39 is 51.2 Å². The average molecular weight is 1040 g/mol. The molecule has 3 atom stereocenters. The molecule has 0 radical (unpaired) electrons. The zero-order valence-electron chi connectivity index (χ0n) is 42.4. The van der Waals surface area contributed by atoms with E-state index in [0.717, 1.165) is 35.7 Å². The van der Waals surface area contributed by atoms with Crippen molar-refractivity contribution in [2.24, 2.45) is 5.92 Å². The largest absolute Gasteiger partial charge is 0.458 e. The number of sulfone groups is 1. The first-order valence-corrected chi connectivity index (χ1v) is 26.5. The third-order valence-corrected chi connectivity index (χ3v) is 13.8. The Morgan fingerprint density at radius 3 is 2.39 bits per heavy atom. The molecule has 1 aromatic carbocycles. The number of amides is 4. The Bertz CT molecular complexity index is 3040. The van der Waals surface area contributed by atoms with E-state index in [1.54, 1.807) is 37.5 Å². The molecule has 3 aliphatic rings. The van der Waals surface area contributed by atoms with Crippen LogP contribution in [0.3, 0.4) is 0 Å². The molecule has 6 heterocycles. The molecular formula is C51H63N9O13S. The number of unbranched alkanes of at least 4 members (excludes halogenated alkanes) is 2. The summed E-state index contributed by atoms with van der Waals surface area (Å²) >= 11 is 0. The summed E-state index contributed by atoms with van der Waals surface area (Å²) in [5, 5.41) is 22.7. The SMILES string of the molecule is CC[C@@]1(O)C(=O)OCc2c1cc1n(c2=O)Cc2c-1nc1cc3c(cc1c2CCCOCNC(=O)CNC(=O)C(CCCCN(C)C)NC(=O)C(NC(=O)CCCC#Cc1cnc(S(C)(=O)=O)nc1)C(C)C)OCO3. The van der Waals surface area contributed by atoms with Gasteiger partial charge in [0.05, 0.1) is 41.1 Å². The highest BCUT2D eigenvalue weighted by molar-refractivity contribution is 7.90. The number of hydrogen-bond donors (Lipinski definition) is 5. The van der Waals surface area contributed by atoms with E-state index in [0.29, 0.717) is 66.1 Å². The van der Waals surface area contributed by atoms with Gasteiger partial charge >= 0.3 is 5.97 Å². The lowest BCUT2D eigenvalue weighted by Gasteiger charge is -2.31. The number of aromatic nitrogens is 4. The summed E-state index contributed by atoms with van der Waals surface area (Å²) in [4.78, 5) is 94.3. The Hall–Kier alpha value is -7.00. The fraction of sp³-hybridized carbons (Fsp3) is 0.510. The number of aliphatic hydroxyl groups is 1. The van der Waals surface area contributed by atoms with Crippen molar-refractivity contribution in [1.29, 1.82) is 0 Å². The summed E-state index contributed by atoms with van der Waals surface area (Å²) < 4.78 is 47.1. The molecule has 23 heteroatoms. The molecule has 4 amide bonds. The van der Waals surface area contributed by atoms with E-state index in [1.807, 2.05) is 25.1 Å². The third-order valence-electron chi connectivity index (χ3n) is 13.0. The first kappa shape index (κ1) is 54.8. The van der Waals surface area contributed by atoms with Crippen molar-refractivity contribution in [3.05, 3.63) is 68.8 Å². The molecule has 5 N–H and O–H groups in total. The molecule has 0 fully saturated rings. The molecule has 3 aromatic heterocycles. The highest BCUT2D eigenvalue weighted by Crippen LogP contribution is 2.43. The molecule has 3 aliphatic heterocycles. The van der Waals surface area contributed by atoms with E-state index in [9.17, 15) is 42.3 Å². The minimum atomic E-state index is -3.54. The number of carbonyl (C=O) groups is 5. The number of ether oxygens (including phenoxy) is 4. The van der Waals surface area contributed by atoms with E-state index in [2.05, 4.69) is 43.1 Å². The van der Waals surface area contributed by atoms with Gasteiger partial charge in [-0.2, -0.15) is 0 Å². The maximum atomic E-state index is 13.9. The molecule has 22 nitrogen and oxygen atoms in total. The van der Waals surface area contributed by atoms with Gasteiger partial charge in [0.15, 0.2) is 17.1 Å². The summed E-state index contributed by atoms with van der Waals surface area (Å²) in [5.41, 5.74) is 1.84. The predicted molar refractivity (Wildman–Crippen MR) is 268 cm³/mol. The molecule has 396 valence electrons. The number of benzene rings is 1. The molecule has 4 aromatic rings. The number of aryl methyl sites for hydroxylation is 1. The van der Waals surface area contributed by atoms with Crippen LogP contribution in [0.25, 0.3) is 22.3 Å². The molecule has 0 bridgehead atoms. The van der Waals surface area contributed by atoms with Crippen molar-refractivity contribution in [1.82, 2.24) is 45.7 Å². The Morgan fingerprint density at radius 2 is 1.69 bits per heavy atom. The number of nitrogens with zero attached hydrogens (tertiary/aromatic N) is 5. The Morgan fingerprint density at radius 1 is 0.946 bits per heavy atom. The lowest BCUT2D eigenvalue weighted by Crippen LogP contribution is -2.56. The number of pyridine rings is 2. The van der Waals surface area contributed by atoms with Gasteiger partial charge in [-0.3, -0.25) is 24.0 Å². The second-order valence-corrected chi connectivity index (χ2v) is 21.0. The number of nitrogens with one attached hydrogen (secondary N) is 4. The Labute approximate surface area is 428 Å². The smallest absolute Gasteiger partial charge is 0.343 e. The minimum Gasteiger partial charge on any atom is -0.458 e. The quantitative estimate of drug-likeness (QED) is 0.0205. The molecule has 0 saturated heterocycles. The molecule has 0 saturated carbocycles. The Kier molecular flexibility index (Phi) is 17.7. The van der Waals surface area contributed by atoms with Crippen molar-refractivity contribution in [2.75, 3.05) is 53.6 Å². The summed E-state index contributed by atoms with van der Waals surface area (Å²) in [6.07, 6.45) is 7.07. The van der Waals surface area contributed by atoms with E-state index in [4.69, 9.17) is 23.9 Å². The minimum absolute atomic E-state index is 0.0151. The van der Waals surface area contributed by atoms with Crippen LogP contribution in [0.5, 0.6) is 11.5 Å². The van der Waals surface area contributed by atoms with Crippen LogP contribution in [0.15, 0.2) is 40.5 Å². The molecule has 2 unspecified atom stereocenters. The molecule has 74 heavy (non-hydrogen) atoms. The fourth-order valence-corrected chi connectivity index (χ4v) is 9.40. The summed E-state index contributed by atoms with van der Waals surface area (Å²) in [5.74, 6) is 3.71. The van der Waals surface area contributed by atoms with Gasteiger partial charge in [0.1, 0.15) is 25.4 Å².